The first-order valence-electron chi connectivity index (χ1n) is 4.04. The van der Waals surface area contributed by atoms with Crippen LogP contribution in [-0.2, 0) is 0 Å². The summed E-state index contributed by atoms with van der Waals surface area (Å²) in [6, 6.07) is 4.26. The highest BCUT2D eigenvalue weighted by atomic mass is 35.5. The third-order valence-electron chi connectivity index (χ3n) is 1.91. The molecular formula is C9H11ClN2O2. The summed E-state index contributed by atoms with van der Waals surface area (Å²) in [6.07, 6.45) is 0. The Labute approximate surface area is 86.5 Å². The number of aromatic carboxylic acids is 1. The van der Waals surface area contributed by atoms with Crippen LogP contribution in [0.3, 0.4) is 0 Å². The number of rotatable bonds is 3. The van der Waals surface area contributed by atoms with Crippen LogP contribution in [0.5, 0.6) is 0 Å². The molecule has 1 rings (SSSR count). The van der Waals surface area contributed by atoms with Gasteiger partial charge >= 0.3 is 5.97 Å². The molecular weight excluding hydrogens is 204 g/mol. The van der Waals surface area contributed by atoms with E-state index in [0.717, 1.165) is 5.56 Å². The van der Waals surface area contributed by atoms with Crippen LogP contribution >= 0.6 is 11.6 Å². The molecule has 4 nitrogen and oxygen atoms in total. The van der Waals surface area contributed by atoms with E-state index in [0.29, 0.717) is 6.54 Å². The summed E-state index contributed by atoms with van der Waals surface area (Å²) in [7, 11) is 0. The van der Waals surface area contributed by atoms with Gasteiger partial charge in [0.1, 0.15) is 0 Å². The predicted octanol–water partition coefficient (Wildman–Crippen LogP) is 0.997. The van der Waals surface area contributed by atoms with Crippen molar-refractivity contribution in [3.63, 3.8) is 0 Å². The first-order chi connectivity index (χ1) is 6.56. The van der Waals surface area contributed by atoms with Gasteiger partial charge < -0.3 is 16.6 Å². The second-order valence-corrected chi connectivity index (χ2v) is 3.29. The lowest BCUT2D eigenvalue weighted by atomic mass is 10.1. The molecule has 1 aromatic carbocycles. The third kappa shape index (κ3) is 2.23. The SMILES string of the molecule is NC[C@@H](N)c1ccc(C(=O)O)c(Cl)c1. The summed E-state index contributed by atoms with van der Waals surface area (Å²) in [5.41, 5.74) is 11.8. The molecule has 0 unspecified atom stereocenters. The maximum atomic E-state index is 10.6. The number of hydrogen-bond acceptors (Lipinski definition) is 3. The van der Waals surface area contributed by atoms with Gasteiger partial charge in [0, 0.05) is 12.6 Å². The van der Waals surface area contributed by atoms with Crippen LogP contribution in [0.4, 0.5) is 0 Å². The largest absolute Gasteiger partial charge is 0.478 e. The van der Waals surface area contributed by atoms with Crippen LogP contribution in [0.25, 0.3) is 0 Å². The van der Waals surface area contributed by atoms with Gasteiger partial charge in [-0.3, -0.25) is 0 Å². The van der Waals surface area contributed by atoms with E-state index in [-0.39, 0.29) is 16.6 Å². The van der Waals surface area contributed by atoms with Gasteiger partial charge in [0.2, 0.25) is 0 Å². The van der Waals surface area contributed by atoms with E-state index in [2.05, 4.69) is 0 Å². The number of carbonyl (C=O) groups is 1. The summed E-state index contributed by atoms with van der Waals surface area (Å²) >= 11 is 5.75. The van der Waals surface area contributed by atoms with Crippen LogP contribution in [-0.4, -0.2) is 17.6 Å². The minimum atomic E-state index is -1.05. The maximum Gasteiger partial charge on any atom is 0.337 e. The molecule has 0 bridgehead atoms. The predicted molar refractivity (Wildman–Crippen MR) is 54.4 cm³/mol. The van der Waals surface area contributed by atoms with Crippen molar-refractivity contribution in [1.82, 2.24) is 0 Å². The minimum absolute atomic E-state index is 0.0691. The van der Waals surface area contributed by atoms with Gasteiger partial charge in [-0.25, -0.2) is 4.79 Å². The van der Waals surface area contributed by atoms with Gasteiger partial charge in [-0.1, -0.05) is 17.7 Å². The van der Waals surface area contributed by atoms with Crippen molar-refractivity contribution in [3.8, 4) is 0 Å². The molecule has 5 N–H and O–H groups in total. The Balaban J connectivity index is 3.06. The second kappa shape index (κ2) is 4.41. The number of nitrogens with two attached hydrogens (primary N) is 2. The Morgan fingerprint density at radius 1 is 1.57 bits per heavy atom. The van der Waals surface area contributed by atoms with E-state index in [1.54, 1.807) is 6.07 Å². The van der Waals surface area contributed by atoms with Crippen molar-refractivity contribution in [2.24, 2.45) is 11.5 Å². The zero-order valence-corrected chi connectivity index (χ0v) is 8.16. The first kappa shape index (κ1) is 11.0. The van der Waals surface area contributed by atoms with Crippen molar-refractivity contribution in [1.29, 1.82) is 0 Å². The molecule has 0 aromatic heterocycles. The van der Waals surface area contributed by atoms with E-state index in [4.69, 9.17) is 28.2 Å². The summed E-state index contributed by atoms with van der Waals surface area (Å²) in [4.78, 5) is 10.6. The van der Waals surface area contributed by atoms with Crippen molar-refractivity contribution >= 4 is 17.6 Å². The van der Waals surface area contributed by atoms with Gasteiger partial charge in [0.15, 0.2) is 0 Å². The molecule has 0 amide bonds. The number of hydrogen-bond donors (Lipinski definition) is 3. The quantitative estimate of drug-likeness (QED) is 0.700. The summed E-state index contributed by atoms with van der Waals surface area (Å²) in [5, 5.41) is 8.89. The van der Waals surface area contributed by atoms with Gasteiger partial charge in [-0.15, -0.1) is 0 Å². The van der Waals surface area contributed by atoms with Crippen LogP contribution in [0.15, 0.2) is 18.2 Å². The highest BCUT2D eigenvalue weighted by Gasteiger charge is 2.11. The lowest BCUT2D eigenvalue weighted by Crippen LogP contribution is -2.20. The number of halogens is 1. The summed E-state index contributed by atoms with van der Waals surface area (Å²) in [5.74, 6) is -1.05. The minimum Gasteiger partial charge on any atom is -0.478 e. The Kier molecular flexibility index (Phi) is 3.46. The topological polar surface area (TPSA) is 89.3 Å². The van der Waals surface area contributed by atoms with E-state index < -0.39 is 5.97 Å². The fourth-order valence-corrected chi connectivity index (χ4v) is 1.34. The standard InChI is InChI=1S/C9H11ClN2O2/c10-7-3-5(8(12)4-11)1-2-6(7)9(13)14/h1-3,8H,4,11-12H2,(H,13,14)/t8-/m1/s1. The molecule has 14 heavy (non-hydrogen) atoms. The molecule has 0 fully saturated rings. The van der Waals surface area contributed by atoms with E-state index in [1.165, 1.54) is 12.1 Å². The van der Waals surface area contributed by atoms with Crippen molar-refractivity contribution in [2.45, 2.75) is 6.04 Å². The molecule has 0 saturated heterocycles. The average Bonchev–Trinajstić information content (AvgIpc) is 2.15. The Bertz CT molecular complexity index is 355. The highest BCUT2D eigenvalue weighted by Crippen LogP contribution is 2.20. The number of carboxylic acid groups (broad SMARTS) is 1. The van der Waals surface area contributed by atoms with Crippen LogP contribution in [0.1, 0.15) is 22.0 Å². The maximum absolute atomic E-state index is 10.6. The molecule has 0 aliphatic carbocycles. The molecule has 0 radical (unpaired) electrons. The van der Waals surface area contributed by atoms with E-state index in [9.17, 15) is 4.79 Å². The Hall–Kier alpha value is -1.10. The van der Waals surface area contributed by atoms with Crippen LogP contribution in [0.2, 0.25) is 5.02 Å². The fourth-order valence-electron chi connectivity index (χ4n) is 1.07. The van der Waals surface area contributed by atoms with Gasteiger partial charge in [0.25, 0.3) is 0 Å². The molecule has 1 atom stereocenters. The van der Waals surface area contributed by atoms with Crippen LogP contribution < -0.4 is 11.5 Å². The smallest absolute Gasteiger partial charge is 0.337 e. The lowest BCUT2D eigenvalue weighted by Gasteiger charge is -2.09. The molecule has 0 heterocycles. The second-order valence-electron chi connectivity index (χ2n) is 2.89. The third-order valence-corrected chi connectivity index (χ3v) is 2.22. The average molecular weight is 215 g/mol. The molecule has 76 valence electrons. The van der Waals surface area contributed by atoms with Gasteiger partial charge in [0.05, 0.1) is 10.6 Å². The first-order valence-corrected chi connectivity index (χ1v) is 4.42. The normalized spacial score (nSPS) is 12.5. The lowest BCUT2D eigenvalue weighted by molar-refractivity contribution is 0.0697. The van der Waals surface area contributed by atoms with Crippen molar-refractivity contribution < 1.29 is 9.90 Å². The zero-order valence-electron chi connectivity index (χ0n) is 7.40. The molecule has 5 heteroatoms. The number of carboxylic acids is 1. The molecule has 1 aromatic rings. The highest BCUT2D eigenvalue weighted by molar-refractivity contribution is 6.33. The Morgan fingerprint density at radius 2 is 2.21 bits per heavy atom. The molecule has 0 spiro atoms. The molecule has 0 saturated carbocycles. The van der Waals surface area contributed by atoms with Gasteiger partial charge in [-0.2, -0.15) is 0 Å². The van der Waals surface area contributed by atoms with Gasteiger partial charge in [-0.05, 0) is 17.7 Å². The zero-order chi connectivity index (χ0) is 10.7. The summed E-state index contributed by atoms with van der Waals surface area (Å²) in [6.45, 7) is 0.294. The molecule has 0 aliphatic rings. The van der Waals surface area contributed by atoms with Crippen LogP contribution in [0, 0.1) is 0 Å². The summed E-state index contributed by atoms with van der Waals surface area (Å²) < 4.78 is 0. The van der Waals surface area contributed by atoms with E-state index >= 15 is 0 Å². The monoisotopic (exact) mass is 214 g/mol. The fraction of sp³-hybridized carbons (Fsp3) is 0.222. The number of benzene rings is 1. The molecule has 0 aliphatic heterocycles. The Morgan fingerprint density at radius 3 is 2.64 bits per heavy atom. The van der Waals surface area contributed by atoms with E-state index in [1.807, 2.05) is 0 Å². The van der Waals surface area contributed by atoms with Crippen molar-refractivity contribution in [2.75, 3.05) is 6.54 Å². The van der Waals surface area contributed by atoms with Crippen molar-refractivity contribution in [3.05, 3.63) is 34.3 Å².